The van der Waals surface area contributed by atoms with Gasteiger partial charge in [-0.1, -0.05) is 30.3 Å². The van der Waals surface area contributed by atoms with Crippen LogP contribution in [-0.2, 0) is 16.1 Å². The van der Waals surface area contributed by atoms with Crippen molar-refractivity contribution in [2.75, 3.05) is 13.2 Å². The molecule has 0 amide bonds. The number of halogens is 3. The van der Waals surface area contributed by atoms with E-state index >= 15 is 0 Å². The van der Waals surface area contributed by atoms with Crippen LogP contribution in [0.5, 0.6) is 0 Å². The lowest BCUT2D eigenvalue weighted by atomic mass is 10.2. The molecule has 0 unspecified atom stereocenters. The average Bonchev–Trinajstić information content (AvgIpc) is 2.28. The van der Waals surface area contributed by atoms with Crippen LogP contribution in [0.1, 0.15) is 5.56 Å². The molecule has 0 saturated carbocycles. The smallest absolute Gasteiger partial charge is 0.344 e. The van der Waals surface area contributed by atoms with Crippen LogP contribution >= 0.6 is 47.8 Å². The van der Waals surface area contributed by atoms with Crippen molar-refractivity contribution in [1.29, 1.82) is 0 Å². The Bertz CT molecular complexity index is 351. The Morgan fingerprint density at radius 1 is 1.24 bits per heavy atom. The summed E-state index contributed by atoms with van der Waals surface area (Å²) in [6.07, 6.45) is 0. The molecule has 0 aliphatic carbocycles. The summed E-state index contributed by atoms with van der Waals surface area (Å²) in [5.41, 5.74) is 1.20. The number of alkyl halides is 3. The van der Waals surface area contributed by atoms with Gasteiger partial charge < -0.3 is 10.1 Å². The first-order valence-corrected chi connectivity index (χ1v) is 7.36. The van der Waals surface area contributed by atoms with E-state index in [4.69, 9.17) is 4.74 Å². The molecule has 0 bridgehead atoms. The van der Waals surface area contributed by atoms with E-state index in [0.717, 1.165) is 6.54 Å². The molecule has 0 atom stereocenters. The zero-order valence-corrected chi connectivity index (χ0v) is 13.7. The summed E-state index contributed by atoms with van der Waals surface area (Å²) in [7, 11) is 0. The van der Waals surface area contributed by atoms with Crippen LogP contribution in [-0.4, -0.2) is 21.3 Å². The molecule has 1 rings (SSSR count). The minimum absolute atomic E-state index is 0.330. The fourth-order valence-electron chi connectivity index (χ4n) is 1.13. The van der Waals surface area contributed by atoms with Crippen LogP contribution in [0, 0.1) is 0 Å². The van der Waals surface area contributed by atoms with Gasteiger partial charge in [-0.15, -0.1) is 0 Å². The van der Waals surface area contributed by atoms with Crippen molar-refractivity contribution < 1.29 is 9.53 Å². The number of esters is 1. The number of rotatable bonds is 5. The second-order valence-electron chi connectivity index (χ2n) is 3.30. The van der Waals surface area contributed by atoms with Gasteiger partial charge in [-0.3, -0.25) is 0 Å². The lowest BCUT2D eigenvalue weighted by Gasteiger charge is -2.11. The van der Waals surface area contributed by atoms with E-state index in [1.165, 1.54) is 5.56 Å². The zero-order chi connectivity index (χ0) is 12.7. The normalized spacial score (nSPS) is 11.2. The third-order valence-electron chi connectivity index (χ3n) is 1.92. The molecular formula is C11H12Br3NO2. The Balaban J connectivity index is 2.12. The predicted molar refractivity (Wildman–Crippen MR) is 78.6 cm³/mol. The van der Waals surface area contributed by atoms with Gasteiger partial charge in [-0.25, -0.2) is 4.79 Å². The molecular weight excluding hydrogens is 418 g/mol. The summed E-state index contributed by atoms with van der Waals surface area (Å²) in [6.45, 7) is 1.71. The Kier molecular flexibility index (Phi) is 6.69. The number of hydrogen-bond donors (Lipinski definition) is 1. The van der Waals surface area contributed by atoms with E-state index in [2.05, 4.69) is 53.1 Å². The largest absolute Gasteiger partial charge is 0.462 e. The molecule has 0 heterocycles. The molecule has 0 aliphatic rings. The fourth-order valence-corrected chi connectivity index (χ4v) is 1.47. The van der Waals surface area contributed by atoms with Crippen LogP contribution in [0.3, 0.4) is 0 Å². The van der Waals surface area contributed by atoms with Crippen LogP contribution < -0.4 is 5.32 Å². The van der Waals surface area contributed by atoms with Gasteiger partial charge in [0.05, 0.1) is 0 Å². The molecule has 17 heavy (non-hydrogen) atoms. The van der Waals surface area contributed by atoms with E-state index in [9.17, 15) is 4.79 Å². The summed E-state index contributed by atoms with van der Waals surface area (Å²) >= 11 is 9.26. The maximum absolute atomic E-state index is 11.3. The monoisotopic (exact) mass is 427 g/mol. The van der Waals surface area contributed by atoms with Crippen molar-refractivity contribution in [2.45, 2.75) is 8.69 Å². The summed E-state index contributed by atoms with van der Waals surface area (Å²) in [4.78, 5) is 11.3. The Hall–Kier alpha value is 0.0900. The van der Waals surface area contributed by atoms with Crippen molar-refractivity contribution in [3.8, 4) is 0 Å². The number of carbonyl (C=O) groups is 1. The summed E-state index contributed by atoms with van der Waals surface area (Å²) in [5, 5.41) is 3.19. The van der Waals surface area contributed by atoms with Gasteiger partial charge in [0.1, 0.15) is 6.61 Å². The lowest BCUT2D eigenvalue weighted by Crippen LogP contribution is -2.26. The van der Waals surface area contributed by atoms with Crippen LogP contribution in [0.4, 0.5) is 0 Å². The second kappa shape index (κ2) is 7.51. The highest BCUT2D eigenvalue weighted by Crippen LogP contribution is 2.34. The van der Waals surface area contributed by atoms with Gasteiger partial charge in [0, 0.05) is 13.1 Å². The molecule has 0 radical (unpaired) electrons. The molecule has 0 aliphatic heterocycles. The van der Waals surface area contributed by atoms with E-state index in [1.807, 2.05) is 30.3 Å². The van der Waals surface area contributed by atoms with Crippen LogP contribution in [0.2, 0.25) is 0 Å². The number of nitrogens with one attached hydrogen (secondary N) is 1. The van der Waals surface area contributed by atoms with Crippen molar-refractivity contribution in [1.82, 2.24) is 5.32 Å². The van der Waals surface area contributed by atoms with Gasteiger partial charge in [0.15, 0.2) is 0 Å². The number of benzene rings is 1. The minimum Gasteiger partial charge on any atom is -0.462 e. The molecule has 6 heteroatoms. The molecule has 0 saturated heterocycles. The van der Waals surface area contributed by atoms with Crippen LogP contribution in [0.25, 0.3) is 0 Å². The highest BCUT2D eigenvalue weighted by Gasteiger charge is 2.30. The van der Waals surface area contributed by atoms with E-state index in [1.54, 1.807) is 0 Å². The molecule has 94 valence electrons. The zero-order valence-electron chi connectivity index (χ0n) is 8.96. The van der Waals surface area contributed by atoms with E-state index < -0.39 is 8.11 Å². The Morgan fingerprint density at radius 3 is 2.47 bits per heavy atom. The van der Waals surface area contributed by atoms with Gasteiger partial charge in [-0.05, 0) is 53.4 Å². The topological polar surface area (TPSA) is 38.3 Å². The van der Waals surface area contributed by atoms with Gasteiger partial charge in [0.25, 0.3) is 0 Å². The number of ether oxygens (including phenoxy) is 1. The molecule has 0 aromatic heterocycles. The van der Waals surface area contributed by atoms with Gasteiger partial charge in [-0.2, -0.15) is 0 Å². The van der Waals surface area contributed by atoms with Crippen molar-refractivity contribution >= 4 is 53.8 Å². The summed E-state index contributed by atoms with van der Waals surface area (Å²) in [5.74, 6) is -0.404. The Morgan fingerprint density at radius 2 is 1.88 bits per heavy atom. The molecule has 1 aromatic carbocycles. The fraction of sp³-hybridized carbons (Fsp3) is 0.364. The standard InChI is InChI=1S/C11H12Br3NO2/c12-11(13,14)10(16)17-7-6-15-8-9-4-2-1-3-5-9/h1-5,15H,6-8H2. The van der Waals surface area contributed by atoms with E-state index in [-0.39, 0.29) is 0 Å². The van der Waals surface area contributed by atoms with E-state index in [0.29, 0.717) is 13.2 Å². The predicted octanol–water partition coefficient (Wildman–Crippen LogP) is 3.16. The molecule has 1 N–H and O–H groups in total. The maximum atomic E-state index is 11.3. The lowest BCUT2D eigenvalue weighted by molar-refractivity contribution is -0.141. The molecule has 3 nitrogen and oxygen atoms in total. The van der Waals surface area contributed by atoms with Crippen LogP contribution in [0.15, 0.2) is 30.3 Å². The molecule has 0 fully saturated rings. The highest BCUT2D eigenvalue weighted by molar-refractivity contribution is 9.40. The van der Waals surface area contributed by atoms with Crippen molar-refractivity contribution in [3.05, 3.63) is 35.9 Å². The SMILES string of the molecule is O=C(OCCNCc1ccccc1)C(Br)(Br)Br. The third-order valence-corrected chi connectivity index (χ3v) is 2.89. The quantitative estimate of drug-likeness (QED) is 0.444. The first-order valence-electron chi connectivity index (χ1n) is 4.99. The third kappa shape index (κ3) is 6.55. The number of carbonyl (C=O) groups excluding carboxylic acids is 1. The summed E-state index contributed by atoms with van der Waals surface area (Å²) in [6, 6.07) is 10.0. The molecule has 1 aromatic rings. The molecule has 0 spiro atoms. The maximum Gasteiger partial charge on any atom is 0.344 e. The summed E-state index contributed by atoms with van der Waals surface area (Å²) < 4.78 is 4.02. The van der Waals surface area contributed by atoms with Crippen molar-refractivity contribution in [3.63, 3.8) is 0 Å². The first-order chi connectivity index (χ1) is 8.00. The Labute approximate surface area is 126 Å². The first kappa shape index (κ1) is 15.1. The average molecular weight is 430 g/mol. The number of hydrogen-bond acceptors (Lipinski definition) is 3. The second-order valence-corrected chi connectivity index (χ2v) is 10.1. The van der Waals surface area contributed by atoms with Crippen molar-refractivity contribution in [2.24, 2.45) is 0 Å². The minimum atomic E-state index is -0.980. The highest BCUT2D eigenvalue weighted by atomic mass is 80.0. The van der Waals surface area contributed by atoms with Gasteiger partial charge >= 0.3 is 5.97 Å². The van der Waals surface area contributed by atoms with Gasteiger partial charge in [0.2, 0.25) is 2.14 Å².